The zero-order valence-electron chi connectivity index (χ0n) is 9.95. The van der Waals surface area contributed by atoms with Crippen LogP contribution in [0.5, 0.6) is 0 Å². The standard InChI is InChI=1S/C13H21ClN2/c1-2-3-4-5-6-9-12(15)13-11(14)8-7-10-16-13/h7-8,10,12H,2-6,9,15H2,1H3. The number of halogens is 1. The minimum Gasteiger partial charge on any atom is -0.323 e. The average Bonchev–Trinajstić information content (AvgIpc) is 2.29. The highest BCUT2D eigenvalue weighted by atomic mass is 35.5. The van der Waals surface area contributed by atoms with Crippen LogP contribution in [0.3, 0.4) is 0 Å². The lowest BCUT2D eigenvalue weighted by atomic mass is 10.0. The predicted octanol–water partition coefficient (Wildman–Crippen LogP) is 4.10. The van der Waals surface area contributed by atoms with Crippen LogP contribution in [0.25, 0.3) is 0 Å². The van der Waals surface area contributed by atoms with Crippen molar-refractivity contribution >= 4 is 11.6 Å². The zero-order chi connectivity index (χ0) is 11.8. The second kappa shape index (κ2) is 7.64. The summed E-state index contributed by atoms with van der Waals surface area (Å²) in [7, 11) is 0. The molecule has 0 saturated heterocycles. The fourth-order valence-corrected chi connectivity index (χ4v) is 2.04. The van der Waals surface area contributed by atoms with Crippen molar-refractivity contribution in [1.29, 1.82) is 0 Å². The molecule has 0 aliphatic carbocycles. The third kappa shape index (κ3) is 4.50. The summed E-state index contributed by atoms with van der Waals surface area (Å²) in [5.41, 5.74) is 6.90. The van der Waals surface area contributed by atoms with E-state index in [4.69, 9.17) is 17.3 Å². The predicted molar refractivity (Wildman–Crippen MR) is 69.6 cm³/mol. The van der Waals surface area contributed by atoms with Crippen molar-refractivity contribution in [3.63, 3.8) is 0 Å². The Labute approximate surface area is 103 Å². The molecule has 0 saturated carbocycles. The van der Waals surface area contributed by atoms with Crippen LogP contribution in [0.4, 0.5) is 0 Å². The molecule has 0 aliphatic heterocycles. The normalized spacial score (nSPS) is 12.7. The van der Waals surface area contributed by atoms with Crippen LogP contribution in [0, 0.1) is 0 Å². The van der Waals surface area contributed by atoms with Crippen molar-refractivity contribution in [2.75, 3.05) is 0 Å². The number of unbranched alkanes of at least 4 members (excludes halogenated alkanes) is 4. The number of rotatable bonds is 7. The van der Waals surface area contributed by atoms with Gasteiger partial charge < -0.3 is 5.73 Å². The maximum Gasteiger partial charge on any atom is 0.0756 e. The molecule has 1 aromatic rings. The van der Waals surface area contributed by atoms with Gasteiger partial charge in [0.2, 0.25) is 0 Å². The van der Waals surface area contributed by atoms with Crippen molar-refractivity contribution in [2.24, 2.45) is 5.73 Å². The van der Waals surface area contributed by atoms with Gasteiger partial charge in [0.1, 0.15) is 0 Å². The molecule has 2 nitrogen and oxygen atoms in total. The Morgan fingerprint density at radius 3 is 2.75 bits per heavy atom. The molecule has 0 radical (unpaired) electrons. The summed E-state index contributed by atoms with van der Waals surface area (Å²) in [4.78, 5) is 4.24. The topological polar surface area (TPSA) is 38.9 Å². The lowest BCUT2D eigenvalue weighted by Crippen LogP contribution is -2.12. The minimum atomic E-state index is -0.0182. The van der Waals surface area contributed by atoms with Gasteiger partial charge >= 0.3 is 0 Å². The van der Waals surface area contributed by atoms with E-state index in [9.17, 15) is 0 Å². The summed E-state index contributed by atoms with van der Waals surface area (Å²) in [6, 6.07) is 3.66. The Kier molecular flexibility index (Phi) is 6.43. The first kappa shape index (κ1) is 13.5. The molecule has 1 rings (SSSR count). The fraction of sp³-hybridized carbons (Fsp3) is 0.615. The minimum absolute atomic E-state index is 0.0182. The van der Waals surface area contributed by atoms with Gasteiger partial charge in [-0.2, -0.15) is 0 Å². The van der Waals surface area contributed by atoms with Crippen molar-refractivity contribution in [2.45, 2.75) is 51.5 Å². The number of nitrogens with zero attached hydrogens (tertiary/aromatic N) is 1. The third-order valence-corrected chi connectivity index (χ3v) is 3.08. The van der Waals surface area contributed by atoms with Crippen molar-refractivity contribution in [3.05, 3.63) is 29.0 Å². The molecule has 3 heteroatoms. The van der Waals surface area contributed by atoms with Crippen LogP contribution < -0.4 is 5.73 Å². The molecular weight excluding hydrogens is 220 g/mol. The lowest BCUT2D eigenvalue weighted by Gasteiger charge is -2.11. The second-order valence-electron chi connectivity index (χ2n) is 4.18. The first-order valence-electron chi connectivity index (χ1n) is 6.11. The number of hydrogen-bond donors (Lipinski definition) is 1. The first-order chi connectivity index (χ1) is 7.75. The molecule has 1 unspecified atom stereocenters. The van der Waals surface area contributed by atoms with Gasteiger partial charge in [-0.15, -0.1) is 0 Å². The molecule has 0 amide bonds. The number of nitrogens with two attached hydrogens (primary N) is 1. The molecule has 0 spiro atoms. The number of pyridine rings is 1. The van der Waals surface area contributed by atoms with Gasteiger partial charge in [-0.1, -0.05) is 50.6 Å². The maximum absolute atomic E-state index is 6.06. The molecule has 0 aliphatic rings. The highest BCUT2D eigenvalue weighted by molar-refractivity contribution is 6.31. The molecule has 90 valence electrons. The average molecular weight is 241 g/mol. The van der Waals surface area contributed by atoms with Crippen LogP contribution in [0.2, 0.25) is 5.02 Å². The van der Waals surface area contributed by atoms with E-state index < -0.39 is 0 Å². The molecule has 2 N–H and O–H groups in total. The maximum atomic E-state index is 6.06. The quantitative estimate of drug-likeness (QED) is 0.729. The molecule has 0 fully saturated rings. The second-order valence-corrected chi connectivity index (χ2v) is 4.59. The molecule has 16 heavy (non-hydrogen) atoms. The van der Waals surface area contributed by atoms with Crippen LogP contribution in [0.15, 0.2) is 18.3 Å². The van der Waals surface area contributed by atoms with Gasteiger partial charge in [-0.3, -0.25) is 4.98 Å². The van der Waals surface area contributed by atoms with Gasteiger partial charge in [0, 0.05) is 12.2 Å². The highest BCUT2D eigenvalue weighted by Crippen LogP contribution is 2.22. The van der Waals surface area contributed by atoms with Crippen LogP contribution >= 0.6 is 11.6 Å². The summed E-state index contributed by atoms with van der Waals surface area (Å²) in [5.74, 6) is 0. The van der Waals surface area contributed by atoms with Crippen LogP contribution in [-0.4, -0.2) is 4.98 Å². The SMILES string of the molecule is CCCCCCCC(N)c1ncccc1Cl. The molecule has 1 heterocycles. The molecule has 0 aromatic carbocycles. The Morgan fingerprint density at radius 1 is 1.31 bits per heavy atom. The third-order valence-electron chi connectivity index (χ3n) is 2.76. The zero-order valence-corrected chi connectivity index (χ0v) is 10.7. The Morgan fingerprint density at radius 2 is 2.06 bits per heavy atom. The van der Waals surface area contributed by atoms with E-state index in [0.29, 0.717) is 5.02 Å². The smallest absolute Gasteiger partial charge is 0.0756 e. The van der Waals surface area contributed by atoms with E-state index in [1.165, 1.54) is 25.7 Å². The molecule has 1 atom stereocenters. The van der Waals surface area contributed by atoms with Crippen molar-refractivity contribution in [1.82, 2.24) is 4.98 Å². The Hall–Kier alpha value is -0.600. The molecule has 1 aromatic heterocycles. The Bertz CT molecular complexity index is 302. The van der Waals surface area contributed by atoms with E-state index in [1.807, 2.05) is 12.1 Å². The highest BCUT2D eigenvalue weighted by Gasteiger charge is 2.10. The largest absolute Gasteiger partial charge is 0.323 e. The van der Waals surface area contributed by atoms with Crippen LogP contribution in [0.1, 0.15) is 57.2 Å². The van der Waals surface area contributed by atoms with E-state index >= 15 is 0 Å². The van der Waals surface area contributed by atoms with E-state index in [-0.39, 0.29) is 6.04 Å². The van der Waals surface area contributed by atoms with E-state index in [2.05, 4.69) is 11.9 Å². The fourth-order valence-electron chi connectivity index (χ4n) is 1.78. The lowest BCUT2D eigenvalue weighted by molar-refractivity contribution is 0.548. The monoisotopic (exact) mass is 240 g/mol. The number of hydrogen-bond acceptors (Lipinski definition) is 2. The molecular formula is C13H21ClN2. The summed E-state index contributed by atoms with van der Waals surface area (Å²) in [5, 5.41) is 0.684. The molecule has 0 bridgehead atoms. The van der Waals surface area contributed by atoms with Gasteiger partial charge in [0.05, 0.1) is 10.7 Å². The summed E-state index contributed by atoms with van der Waals surface area (Å²) >= 11 is 6.04. The van der Waals surface area contributed by atoms with Gasteiger partial charge in [0.15, 0.2) is 0 Å². The van der Waals surface area contributed by atoms with Crippen molar-refractivity contribution < 1.29 is 0 Å². The number of aromatic nitrogens is 1. The van der Waals surface area contributed by atoms with E-state index in [0.717, 1.165) is 18.5 Å². The van der Waals surface area contributed by atoms with Gasteiger partial charge in [0.25, 0.3) is 0 Å². The van der Waals surface area contributed by atoms with E-state index in [1.54, 1.807) is 6.20 Å². The van der Waals surface area contributed by atoms with Crippen molar-refractivity contribution in [3.8, 4) is 0 Å². The van der Waals surface area contributed by atoms with Crippen LogP contribution in [-0.2, 0) is 0 Å². The van der Waals surface area contributed by atoms with Gasteiger partial charge in [-0.05, 0) is 18.6 Å². The summed E-state index contributed by atoms with van der Waals surface area (Å²) in [6.45, 7) is 2.22. The first-order valence-corrected chi connectivity index (χ1v) is 6.49. The Balaban J connectivity index is 2.30. The summed E-state index contributed by atoms with van der Waals surface area (Å²) < 4.78 is 0. The summed E-state index contributed by atoms with van der Waals surface area (Å²) in [6.07, 6.45) is 9.04. The van der Waals surface area contributed by atoms with Gasteiger partial charge in [-0.25, -0.2) is 0 Å².